The van der Waals surface area contributed by atoms with Crippen LogP contribution < -0.4 is 11.1 Å². The van der Waals surface area contributed by atoms with Gasteiger partial charge in [-0.25, -0.2) is 4.79 Å². The number of amides is 1. The Morgan fingerprint density at radius 3 is 2.00 bits per heavy atom. The first-order valence-corrected chi connectivity index (χ1v) is 8.20. The molecule has 2 aromatic rings. The van der Waals surface area contributed by atoms with Crippen molar-refractivity contribution in [1.82, 2.24) is 19.6 Å². The third-order valence-corrected chi connectivity index (χ3v) is 3.41. The van der Waals surface area contributed by atoms with Gasteiger partial charge in [-0.05, 0) is 52.6 Å². The van der Waals surface area contributed by atoms with Gasteiger partial charge in [-0.15, -0.1) is 0 Å². The third kappa shape index (κ3) is 7.04. The highest BCUT2D eigenvalue weighted by Gasteiger charge is 2.17. The van der Waals surface area contributed by atoms with Crippen LogP contribution in [-0.2, 0) is 18.8 Å². The summed E-state index contributed by atoms with van der Waals surface area (Å²) in [5.74, 6) is 0.985. The second-order valence-corrected chi connectivity index (χ2v) is 7.37. The van der Waals surface area contributed by atoms with Gasteiger partial charge in [0, 0.05) is 26.5 Å². The minimum absolute atomic E-state index is 0.451. The molecule has 0 aliphatic rings. The maximum Gasteiger partial charge on any atom is 0.413 e. The van der Waals surface area contributed by atoms with Gasteiger partial charge in [-0.3, -0.25) is 14.7 Å². The molecule has 10 heteroatoms. The van der Waals surface area contributed by atoms with E-state index < -0.39 is 11.7 Å². The molecule has 128 valence electrons. The summed E-state index contributed by atoms with van der Waals surface area (Å²) in [6.07, 6.45) is 3.03. The second-order valence-electron chi connectivity index (χ2n) is 5.66. The number of aromatic nitrogens is 4. The predicted molar refractivity (Wildman–Crippen MR) is 96.1 cm³/mol. The molecule has 2 rings (SSSR count). The molecule has 23 heavy (non-hydrogen) atoms. The minimum Gasteiger partial charge on any atom is -0.444 e. The number of hydrogen-bond donors (Lipinski definition) is 2. The lowest BCUT2D eigenvalue weighted by Crippen LogP contribution is -2.27. The van der Waals surface area contributed by atoms with Gasteiger partial charge in [0.1, 0.15) is 5.60 Å². The van der Waals surface area contributed by atoms with Crippen molar-refractivity contribution in [3.63, 3.8) is 0 Å². The Morgan fingerprint density at radius 1 is 1.17 bits per heavy atom. The highest BCUT2D eigenvalue weighted by Crippen LogP contribution is 2.20. The summed E-state index contributed by atoms with van der Waals surface area (Å²) < 4.78 is 9.90. The van der Waals surface area contributed by atoms with Crippen molar-refractivity contribution in [1.29, 1.82) is 0 Å². The average Bonchev–Trinajstić information content (AvgIpc) is 2.79. The Kier molecular flexibility index (Phi) is 6.63. The number of anilines is 2. The second kappa shape index (κ2) is 7.82. The van der Waals surface area contributed by atoms with E-state index in [1.807, 2.05) is 7.05 Å². The van der Waals surface area contributed by atoms with Crippen LogP contribution >= 0.6 is 31.9 Å². The zero-order valence-corrected chi connectivity index (χ0v) is 16.8. The molecule has 0 atom stereocenters. The molecule has 3 N–H and O–H groups in total. The molecule has 0 aliphatic carbocycles. The van der Waals surface area contributed by atoms with Crippen LogP contribution in [0.1, 0.15) is 20.8 Å². The number of ether oxygens (including phenoxy) is 1. The van der Waals surface area contributed by atoms with Crippen LogP contribution in [0.5, 0.6) is 0 Å². The molecule has 2 heterocycles. The number of nitrogens with two attached hydrogens (primary N) is 1. The molecule has 8 nitrogen and oxygen atoms in total. The van der Waals surface area contributed by atoms with E-state index in [-0.39, 0.29) is 0 Å². The zero-order valence-electron chi connectivity index (χ0n) is 13.6. The van der Waals surface area contributed by atoms with Gasteiger partial charge < -0.3 is 10.5 Å². The predicted octanol–water partition coefficient (Wildman–Crippen LogP) is 3.29. The van der Waals surface area contributed by atoms with Crippen LogP contribution in [0.3, 0.4) is 0 Å². The summed E-state index contributed by atoms with van der Waals surface area (Å²) in [5, 5.41) is 10.4. The summed E-state index contributed by atoms with van der Waals surface area (Å²) in [7, 11) is 3.59. The SMILES string of the molecule is Cn1cc(Br)c(N)n1.Cn1cc(Br)c(NC(=O)OC(C)(C)C)n1. The Morgan fingerprint density at radius 2 is 1.70 bits per heavy atom. The summed E-state index contributed by atoms with van der Waals surface area (Å²) >= 11 is 6.48. The number of carbonyl (C=O) groups is 1. The third-order valence-electron chi connectivity index (χ3n) is 2.21. The van der Waals surface area contributed by atoms with Crippen molar-refractivity contribution in [2.75, 3.05) is 11.1 Å². The molecule has 0 bridgehead atoms. The normalized spacial score (nSPS) is 10.7. The summed E-state index contributed by atoms with van der Waals surface area (Å²) in [6.45, 7) is 5.42. The molecule has 0 spiro atoms. The van der Waals surface area contributed by atoms with E-state index in [9.17, 15) is 4.79 Å². The number of nitrogens with one attached hydrogen (secondary N) is 1. The van der Waals surface area contributed by atoms with Gasteiger partial charge in [0.15, 0.2) is 11.6 Å². The molecule has 2 aromatic heterocycles. The van der Waals surface area contributed by atoms with E-state index in [4.69, 9.17) is 10.5 Å². The fraction of sp³-hybridized carbons (Fsp3) is 0.462. The minimum atomic E-state index is -0.512. The smallest absolute Gasteiger partial charge is 0.413 e. The lowest BCUT2D eigenvalue weighted by Gasteiger charge is -2.19. The van der Waals surface area contributed by atoms with Crippen LogP contribution in [-0.4, -0.2) is 31.3 Å². The van der Waals surface area contributed by atoms with Crippen molar-refractivity contribution in [3.05, 3.63) is 21.3 Å². The lowest BCUT2D eigenvalue weighted by molar-refractivity contribution is 0.0635. The Hall–Kier alpha value is -1.55. The van der Waals surface area contributed by atoms with Crippen LogP contribution in [0.4, 0.5) is 16.4 Å². The highest BCUT2D eigenvalue weighted by atomic mass is 79.9. The molecule has 0 radical (unpaired) electrons. The maximum absolute atomic E-state index is 11.4. The zero-order chi connectivity index (χ0) is 17.8. The van der Waals surface area contributed by atoms with Gasteiger partial charge in [-0.1, -0.05) is 0 Å². The molecule has 0 fully saturated rings. The number of nitrogen functional groups attached to an aromatic ring is 1. The first kappa shape index (κ1) is 19.5. The lowest BCUT2D eigenvalue weighted by atomic mass is 10.2. The topological polar surface area (TPSA) is 100.0 Å². The van der Waals surface area contributed by atoms with Crippen LogP contribution in [0.15, 0.2) is 21.3 Å². The first-order valence-electron chi connectivity index (χ1n) is 6.61. The van der Waals surface area contributed by atoms with E-state index in [1.165, 1.54) is 0 Å². The van der Waals surface area contributed by atoms with E-state index >= 15 is 0 Å². The number of rotatable bonds is 1. The number of halogens is 2. The molecular weight excluding hydrogens is 432 g/mol. The van der Waals surface area contributed by atoms with E-state index in [0.29, 0.717) is 11.6 Å². The van der Waals surface area contributed by atoms with Crippen LogP contribution in [0.2, 0.25) is 0 Å². The molecule has 0 aromatic carbocycles. The molecular formula is C13H20Br2N6O2. The largest absolute Gasteiger partial charge is 0.444 e. The Balaban J connectivity index is 0.000000277. The number of hydrogen-bond acceptors (Lipinski definition) is 5. The van der Waals surface area contributed by atoms with Gasteiger partial charge in [-0.2, -0.15) is 10.2 Å². The van der Waals surface area contributed by atoms with Gasteiger partial charge in [0.05, 0.1) is 8.95 Å². The monoisotopic (exact) mass is 450 g/mol. The van der Waals surface area contributed by atoms with Crippen molar-refractivity contribution >= 4 is 49.6 Å². The van der Waals surface area contributed by atoms with Crippen LogP contribution in [0, 0.1) is 0 Å². The Bertz CT molecular complexity index is 655. The quantitative estimate of drug-likeness (QED) is 0.692. The van der Waals surface area contributed by atoms with Crippen molar-refractivity contribution in [2.45, 2.75) is 26.4 Å². The summed E-state index contributed by atoms with van der Waals surface area (Å²) in [6, 6.07) is 0. The average molecular weight is 452 g/mol. The molecule has 1 amide bonds. The maximum atomic E-state index is 11.4. The van der Waals surface area contributed by atoms with Crippen molar-refractivity contribution in [3.8, 4) is 0 Å². The van der Waals surface area contributed by atoms with E-state index in [2.05, 4.69) is 47.4 Å². The van der Waals surface area contributed by atoms with E-state index in [0.717, 1.165) is 8.95 Å². The van der Waals surface area contributed by atoms with Crippen LogP contribution in [0.25, 0.3) is 0 Å². The first-order chi connectivity index (χ1) is 10.5. The Labute approximate surface area is 151 Å². The molecule has 0 saturated carbocycles. The van der Waals surface area contributed by atoms with Gasteiger partial charge >= 0.3 is 6.09 Å². The van der Waals surface area contributed by atoms with Crippen molar-refractivity contribution < 1.29 is 9.53 Å². The highest BCUT2D eigenvalue weighted by molar-refractivity contribution is 9.11. The molecule has 0 unspecified atom stereocenters. The standard InChI is InChI=1S/C9H14BrN3O2.C4H6BrN3/c1-9(2,3)15-8(14)11-7-6(10)5-13(4)12-7;1-8-2-3(5)4(6)7-8/h5H,1-4H3,(H,11,12,14);2H,1H3,(H2,6,7). The summed E-state index contributed by atoms with van der Waals surface area (Å²) in [4.78, 5) is 11.4. The van der Waals surface area contributed by atoms with Crippen molar-refractivity contribution in [2.24, 2.45) is 14.1 Å². The number of carbonyl (C=O) groups excluding carboxylic acids is 1. The van der Waals surface area contributed by atoms with Gasteiger partial charge in [0.2, 0.25) is 0 Å². The fourth-order valence-corrected chi connectivity index (χ4v) is 2.27. The van der Waals surface area contributed by atoms with E-state index in [1.54, 1.807) is 49.6 Å². The summed E-state index contributed by atoms with van der Waals surface area (Å²) in [5.41, 5.74) is 4.85. The molecule has 0 saturated heterocycles. The fourth-order valence-electron chi connectivity index (χ4n) is 1.42. The number of aryl methyl sites for hydroxylation is 2. The number of nitrogens with zero attached hydrogens (tertiary/aromatic N) is 4. The molecule has 0 aliphatic heterocycles. The van der Waals surface area contributed by atoms with Gasteiger partial charge in [0.25, 0.3) is 0 Å².